The molecule has 1 N–H and O–H groups in total. The maximum Gasteiger partial charge on any atom is 0.265 e. The number of nitrogens with zero attached hydrogens (tertiary/aromatic N) is 5. The highest BCUT2D eigenvalue weighted by atomic mass is 32.2. The van der Waals surface area contributed by atoms with Crippen LogP contribution in [-0.2, 0) is 23.9 Å². The van der Waals surface area contributed by atoms with Crippen molar-refractivity contribution in [2.45, 2.75) is 44.9 Å². The van der Waals surface area contributed by atoms with Crippen molar-refractivity contribution in [1.29, 1.82) is 0 Å². The molecule has 0 unspecified atom stereocenters. The number of aromatic nitrogens is 4. The van der Waals surface area contributed by atoms with E-state index in [1.165, 1.54) is 33.6 Å². The van der Waals surface area contributed by atoms with Crippen molar-refractivity contribution in [1.82, 2.24) is 24.6 Å². The zero-order chi connectivity index (χ0) is 25.0. The summed E-state index contributed by atoms with van der Waals surface area (Å²) < 4.78 is 7.67. The molecule has 1 aromatic carbocycles. The second kappa shape index (κ2) is 10.6. The quantitative estimate of drug-likeness (QED) is 0.466. The second-order valence-corrected chi connectivity index (χ2v) is 10.9. The lowest BCUT2D eigenvalue weighted by atomic mass is 9.87. The Balaban J connectivity index is 1.53. The predicted octanol–water partition coefficient (Wildman–Crippen LogP) is 3.89. The minimum Gasteiger partial charge on any atom is -0.486 e. The Morgan fingerprint density at radius 1 is 1.18 bits per heavy atom. The lowest BCUT2D eigenvalue weighted by Gasteiger charge is -2.19. The number of carbonyl (C=O) groups is 2. The van der Waals surface area contributed by atoms with Crippen LogP contribution >= 0.6 is 23.1 Å². The van der Waals surface area contributed by atoms with Gasteiger partial charge in [0.05, 0.1) is 11.4 Å². The largest absolute Gasteiger partial charge is 0.486 e. The first-order valence-electron chi connectivity index (χ1n) is 10.7. The molecule has 0 fully saturated rings. The average molecular weight is 503 g/mol. The van der Waals surface area contributed by atoms with E-state index in [-0.39, 0.29) is 29.6 Å². The molecule has 2 amide bonds. The third kappa shape index (κ3) is 6.35. The molecule has 9 nitrogen and oxygen atoms in total. The second-order valence-electron chi connectivity index (χ2n) is 8.99. The molecule has 0 aliphatic heterocycles. The van der Waals surface area contributed by atoms with Gasteiger partial charge in [-0.3, -0.25) is 9.59 Å². The molecule has 0 radical (unpaired) electrons. The van der Waals surface area contributed by atoms with E-state index in [0.717, 1.165) is 5.75 Å². The van der Waals surface area contributed by atoms with Crippen molar-refractivity contribution >= 4 is 40.0 Å². The number of rotatable bonds is 8. The van der Waals surface area contributed by atoms with E-state index in [1.807, 2.05) is 23.7 Å². The SMILES string of the molecule is Cc1nc(NC(=O)CSc2nnc(COc3ccc(C(C)(C)C)cc3)n2C)sc1C(=O)N(C)C. The van der Waals surface area contributed by atoms with Crippen molar-refractivity contribution in [2.75, 3.05) is 25.2 Å². The first kappa shape index (κ1) is 25.7. The molecule has 11 heteroatoms. The maximum atomic E-state index is 12.4. The number of carbonyl (C=O) groups excluding carboxylic acids is 2. The number of thioether (sulfide) groups is 1. The summed E-state index contributed by atoms with van der Waals surface area (Å²) in [5.74, 6) is 1.18. The summed E-state index contributed by atoms with van der Waals surface area (Å²) in [7, 11) is 5.20. The number of thiazole rings is 1. The summed E-state index contributed by atoms with van der Waals surface area (Å²) >= 11 is 2.43. The molecule has 0 aliphatic carbocycles. The summed E-state index contributed by atoms with van der Waals surface area (Å²) in [5.41, 5.74) is 1.92. The molecule has 34 heavy (non-hydrogen) atoms. The minimum atomic E-state index is -0.234. The zero-order valence-corrected chi connectivity index (χ0v) is 22.1. The molecular weight excluding hydrogens is 472 g/mol. The van der Waals surface area contributed by atoms with Crippen LogP contribution in [0.4, 0.5) is 5.13 Å². The lowest BCUT2D eigenvalue weighted by Crippen LogP contribution is -2.21. The fourth-order valence-electron chi connectivity index (χ4n) is 2.93. The molecule has 2 aromatic heterocycles. The van der Waals surface area contributed by atoms with Crippen LogP contribution in [0.15, 0.2) is 29.4 Å². The molecule has 2 heterocycles. The van der Waals surface area contributed by atoms with Gasteiger partial charge in [-0.2, -0.15) is 0 Å². The van der Waals surface area contributed by atoms with Crippen molar-refractivity contribution in [3.63, 3.8) is 0 Å². The van der Waals surface area contributed by atoms with E-state index in [4.69, 9.17) is 4.74 Å². The van der Waals surface area contributed by atoms with Crippen LogP contribution in [0.3, 0.4) is 0 Å². The maximum absolute atomic E-state index is 12.4. The fraction of sp³-hybridized carbons (Fsp3) is 0.435. The molecule has 182 valence electrons. The van der Waals surface area contributed by atoms with Crippen molar-refractivity contribution in [2.24, 2.45) is 7.05 Å². The van der Waals surface area contributed by atoms with Gasteiger partial charge < -0.3 is 19.5 Å². The summed E-state index contributed by atoms with van der Waals surface area (Å²) in [5, 5.41) is 12.1. The molecule has 0 saturated carbocycles. The van der Waals surface area contributed by atoms with Gasteiger partial charge in [0, 0.05) is 21.1 Å². The highest BCUT2D eigenvalue weighted by molar-refractivity contribution is 7.99. The van der Waals surface area contributed by atoms with Crippen LogP contribution < -0.4 is 10.1 Å². The number of anilines is 1. The normalized spacial score (nSPS) is 11.4. The number of hydrogen-bond acceptors (Lipinski definition) is 8. The first-order valence-corrected chi connectivity index (χ1v) is 12.5. The Morgan fingerprint density at radius 3 is 2.47 bits per heavy atom. The van der Waals surface area contributed by atoms with Crippen LogP contribution in [0.1, 0.15) is 47.5 Å². The van der Waals surface area contributed by atoms with Gasteiger partial charge in [0.25, 0.3) is 5.91 Å². The summed E-state index contributed by atoms with van der Waals surface area (Å²) in [6.07, 6.45) is 0. The molecular formula is C23H30N6O3S2. The lowest BCUT2D eigenvalue weighted by molar-refractivity contribution is -0.113. The monoisotopic (exact) mass is 502 g/mol. The number of ether oxygens (including phenoxy) is 1. The zero-order valence-electron chi connectivity index (χ0n) is 20.5. The Morgan fingerprint density at radius 2 is 1.85 bits per heavy atom. The fourth-order valence-corrected chi connectivity index (χ4v) is 4.67. The standard InChI is InChI=1S/C23H30N6O3S2/c1-14-19(20(31)28(5)6)34-21(24-14)25-18(30)13-33-22-27-26-17(29(22)7)12-32-16-10-8-15(9-11-16)23(2,3)4/h8-11H,12-13H2,1-7H3,(H,24,25,30). The van der Waals surface area contributed by atoms with E-state index in [0.29, 0.717) is 26.7 Å². The minimum absolute atomic E-state index is 0.0882. The topological polar surface area (TPSA) is 102 Å². The Labute approximate surface area is 207 Å². The van der Waals surface area contributed by atoms with Crippen molar-refractivity contribution in [3.05, 3.63) is 46.2 Å². The van der Waals surface area contributed by atoms with Crippen LogP contribution in [0, 0.1) is 6.92 Å². The number of nitrogens with one attached hydrogen (secondary N) is 1. The van der Waals surface area contributed by atoms with Gasteiger partial charge >= 0.3 is 0 Å². The van der Waals surface area contributed by atoms with Gasteiger partial charge in [-0.1, -0.05) is 56.0 Å². The highest BCUT2D eigenvalue weighted by Crippen LogP contribution is 2.26. The van der Waals surface area contributed by atoms with Crippen LogP contribution in [0.25, 0.3) is 0 Å². The smallest absolute Gasteiger partial charge is 0.265 e. The summed E-state index contributed by atoms with van der Waals surface area (Å²) in [4.78, 5) is 30.8. The molecule has 3 rings (SSSR count). The molecule has 0 saturated heterocycles. The van der Waals surface area contributed by atoms with Gasteiger partial charge in [-0.05, 0) is 30.0 Å². The number of hydrogen-bond donors (Lipinski definition) is 1. The third-order valence-electron chi connectivity index (χ3n) is 4.99. The Bertz CT molecular complexity index is 1160. The van der Waals surface area contributed by atoms with Crippen molar-refractivity contribution in [3.8, 4) is 5.75 Å². The number of amides is 2. The average Bonchev–Trinajstić information content (AvgIpc) is 3.31. The van der Waals surface area contributed by atoms with Crippen LogP contribution in [-0.4, -0.2) is 56.3 Å². The summed E-state index contributed by atoms with van der Waals surface area (Å²) in [6.45, 7) is 8.53. The molecule has 0 atom stereocenters. The predicted molar refractivity (Wildman–Crippen MR) is 135 cm³/mol. The van der Waals surface area contributed by atoms with E-state index in [2.05, 4.69) is 53.4 Å². The molecule has 3 aromatic rings. The van der Waals surface area contributed by atoms with E-state index >= 15 is 0 Å². The van der Waals surface area contributed by atoms with E-state index < -0.39 is 0 Å². The van der Waals surface area contributed by atoms with Gasteiger partial charge in [0.2, 0.25) is 5.91 Å². The van der Waals surface area contributed by atoms with Gasteiger partial charge in [-0.15, -0.1) is 10.2 Å². The summed E-state index contributed by atoms with van der Waals surface area (Å²) in [6, 6.07) is 8.04. The Kier molecular flexibility index (Phi) is 7.98. The van der Waals surface area contributed by atoms with Gasteiger partial charge in [-0.25, -0.2) is 4.98 Å². The number of benzene rings is 1. The first-order chi connectivity index (χ1) is 16.0. The molecule has 0 spiro atoms. The van der Waals surface area contributed by atoms with Gasteiger partial charge in [0.15, 0.2) is 16.1 Å². The molecule has 0 aliphatic rings. The van der Waals surface area contributed by atoms with Crippen molar-refractivity contribution < 1.29 is 14.3 Å². The van der Waals surface area contributed by atoms with E-state index in [1.54, 1.807) is 21.0 Å². The highest BCUT2D eigenvalue weighted by Gasteiger charge is 2.19. The van der Waals surface area contributed by atoms with Gasteiger partial charge in [0.1, 0.15) is 17.2 Å². The van der Waals surface area contributed by atoms with Crippen LogP contribution in [0.5, 0.6) is 5.75 Å². The third-order valence-corrected chi connectivity index (χ3v) is 7.07. The Hall–Kier alpha value is -2.92. The van der Waals surface area contributed by atoms with Crippen LogP contribution in [0.2, 0.25) is 0 Å². The van der Waals surface area contributed by atoms with E-state index in [9.17, 15) is 9.59 Å². The molecule has 0 bridgehead atoms. The number of aryl methyl sites for hydroxylation is 1.